The fourth-order valence-electron chi connectivity index (χ4n) is 4.78. The van der Waals surface area contributed by atoms with Crippen LogP contribution in [0.2, 0.25) is 0 Å². The topological polar surface area (TPSA) is 110 Å². The highest BCUT2D eigenvalue weighted by molar-refractivity contribution is 5.81. The van der Waals surface area contributed by atoms with Crippen molar-refractivity contribution >= 4 is 11.8 Å². The number of carbonyl (C=O) groups excluding carboxylic acids is 2. The minimum absolute atomic E-state index is 0.0716. The summed E-state index contributed by atoms with van der Waals surface area (Å²) in [6.45, 7) is 0. The Hall–Kier alpha value is -1.14. The van der Waals surface area contributed by atoms with Crippen LogP contribution in [0.4, 0.5) is 0 Å². The summed E-state index contributed by atoms with van der Waals surface area (Å²) >= 11 is 0. The fraction of sp³-hybridized carbons (Fsp3) is 0.900. The molecule has 6 heteroatoms. The van der Waals surface area contributed by atoms with Gasteiger partial charge >= 0.3 is 0 Å². The molecule has 0 radical (unpaired) electrons. The van der Waals surface area contributed by atoms with Gasteiger partial charge in [0.1, 0.15) is 0 Å². The summed E-state index contributed by atoms with van der Waals surface area (Å²) in [6.07, 6.45) is 11.3. The first-order chi connectivity index (χ1) is 12.5. The van der Waals surface area contributed by atoms with Gasteiger partial charge in [-0.2, -0.15) is 0 Å². The number of carbonyl (C=O) groups is 2. The molecule has 0 bridgehead atoms. The van der Waals surface area contributed by atoms with E-state index in [0.717, 1.165) is 77.0 Å². The van der Waals surface area contributed by atoms with Gasteiger partial charge in [0.2, 0.25) is 11.8 Å². The third kappa shape index (κ3) is 5.43. The lowest BCUT2D eigenvalue weighted by Crippen LogP contribution is -2.45. The second kappa shape index (κ2) is 9.18. The summed E-state index contributed by atoms with van der Waals surface area (Å²) in [6, 6.07) is 1.19. The maximum atomic E-state index is 12.5. The van der Waals surface area contributed by atoms with Crippen LogP contribution in [0.15, 0.2) is 0 Å². The lowest BCUT2D eigenvalue weighted by molar-refractivity contribution is -0.131. The van der Waals surface area contributed by atoms with Crippen molar-refractivity contribution in [2.24, 2.45) is 23.3 Å². The molecule has 0 heterocycles. The normalized spacial score (nSPS) is 38.4. The monoisotopic (exact) mass is 364 g/mol. The van der Waals surface area contributed by atoms with E-state index in [4.69, 9.17) is 11.5 Å². The molecule has 0 atom stereocenters. The molecular weight excluding hydrogens is 328 g/mol. The molecule has 3 aliphatic carbocycles. The molecular formula is C20H36N4O2. The number of hydrogen-bond acceptors (Lipinski definition) is 4. The molecule has 3 saturated carbocycles. The Bertz CT molecular complexity index is 430. The van der Waals surface area contributed by atoms with E-state index in [1.807, 2.05) is 0 Å². The Kier molecular flexibility index (Phi) is 6.92. The highest BCUT2D eigenvalue weighted by Gasteiger charge is 2.32. The maximum absolute atomic E-state index is 12.5. The molecule has 0 unspecified atom stereocenters. The number of hydrogen-bond donors (Lipinski definition) is 4. The molecule has 0 spiro atoms. The molecule has 6 nitrogen and oxygen atoms in total. The van der Waals surface area contributed by atoms with E-state index < -0.39 is 0 Å². The van der Waals surface area contributed by atoms with Gasteiger partial charge in [0.15, 0.2) is 0 Å². The highest BCUT2D eigenvalue weighted by atomic mass is 16.2. The number of nitrogens with two attached hydrogens (primary N) is 2. The lowest BCUT2D eigenvalue weighted by Gasteiger charge is -2.32. The van der Waals surface area contributed by atoms with Gasteiger partial charge in [-0.25, -0.2) is 0 Å². The van der Waals surface area contributed by atoms with Crippen LogP contribution in [-0.4, -0.2) is 36.0 Å². The van der Waals surface area contributed by atoms with Gasteiger partial charge in [0, 0.05) is 36.0 Å². The van der Waals surface area contributed by atoms with Gasteiger partial charge < -0.3 is 22.1 Å². The molecule has 0 aromatic heterocycles. The van der Waals surface area contributed by atoms with Crippen molar-refractivity contribution in [3.05, 3.63) is 0 Å². The number of nitrogens with one attached hydrogen (secondary N) is 2. The maximum Gasteiger partial charge on any atom is 0.223 e. The van der Waals surface area contributed by atoms with Gasteiger partial charge in [-0.15, -0.1) is 0 Å². The van der Waals surface area contributed by atoms with Crippen LogP contribution in [0, 0.1) is 11.8 Å². The molecule has 3 fully saturated rings. The third-order valence-corrected chi connectivity index (χ3v) is 6.71. The van der Waals surface area contributed by atoms with Crippen LogP contribution in [0.3, 0.4) is 0 Å². The van der Waals surface area contributed by atoms with Crippen LogP contribution >= 0.6 is 0 Å². The summed E-state index contributed by atoms with van der Waals surface area (Å²) in [7, 11) is 0. The molecule has 2 amide bonds. The minimum Gasteiger partial charge on any atom is -0.353 e. The second-order valence-corrected chi connectivity index (χ2v) is 8.79. The van der Waals surface area contributed by atoms with E-state index in [1.165, 1.54) is 0 Å². The summed E-state index contributed by atoms with van der Waals surface area (Å²) in [4.78, 5) is 25.0. The largest absolute Gasteiger partial charge is 0.353 e. The Morgan fingerprint density at radius 1 is 0.538 bits per heavy atom. The predicted molar refractivity (Wildman–Crippen MR) is 102 cm³/mol. The van der Waals surface area contributed by atoms with Crippen molar-refractivity contribution in [3.8, 4) is 0 Å². The van der Waals surface area contributed by atoms with E-state index in [0.29, 0.717) is 24.2 Å². The lowest BCUT2D eigenvalue weighted by atomic mass is 9.80. The fourth-order valence-corrected chi connectivity index (χ4v) is 4.78. The molecule has 148 valence electrons. The summed E-state index contributed by atoms with van der Waals surface area (Å²) in [5.74, 6) is 0.515. The third-order valence-electron chi connectivity index (χ3n) is 6.71. The van der Waals surface area contributed by atoms with E-state index in [9.17, 15) is 9.59 Å². The van der Waals surface area contributed by atoms with Gasteiger partial charge in [-0.05, 0) is 77.0 Å². The van der Waals surface area contributed by atoms with Crippen molar-refractivity contribution in [2.45, 2.75) is 101 Å². The Morgan fingerprint density at radius 2 is 0.846 bits per heavy atom. The van der Waals surface area contributed by atoms with Gasteiger partial charge in [-0.1, -0.05) is 0 Å². The van der Waals surface area contributed by atoms with Gasteiger partial charge in [0.05, 0.1) is 0 Å². The van der Waals surface area contributed by atoms with E-state index in [2.05, 4.69) is 10.6 Å². The quantitative estimate of drug-likeness (QED) is 0.607. The zero-order chi connectivity index (χ0) is 18.5. The second-order valence-electron chi connectivity index (χ2n) is 8.79. The van der Waals surface area contributed by atoms with Crippen molar-refractivity contribution in [1.29, 1.82) is 0 Å². The SMILES string of the molecule is NC1CCC(NC(=O)C2CCC(C(=O)NC3CCC(N)CC3)CC2)CC1. The number of rotatable bonds is 4. The van der Waals surface area contributed by atoms with Gasteiger partial charge in [0.25, 0.3) is 0 Å². The molecule has 0 saturated heterocycles. The van der Waals surface area contributed by atoms with Crippen molar-refractivity contribution in [2.75, 3.05) is 0 Å². The first-order valence-corrected chi connectivity index (χ1v) is 10.6. The predicted octanol–water partition coefficient (Wildman–Crippen LogP) is 1.57. The first kappa shape index (κ1) is 19.6. The van der Waals surface area contributed by atoms with Crippen LogP contribution in [-0.2, 0) is 9.59 Å². The summed E-state index contributed by atoms with van der Waals surface area (Å²) in [5, 5.41) is 6.43. The molecule has 26 heavy (non-hydrogen) atoms. The molecule has 3 rings (SSSR count). The van der Waals surface area contributed by atoms with Crippen molar-refractivity contribution in [1.82, 2.24) is 10.6 Å². The van der Waals surface area contributed by atoms with E-state index >= 15 is 0 Å². The average Bonchev–Trinajstić information content (AvgIpc) is 2.65. The zero-order valence-corrected chi connectivity index (χ0v) is 15.9. The van der Waals surface area contributed by atoms with Gasteiger partial charge in [-0.3, -0.25) is 9.59 Å². The molecule has 0 aromatic carbocycles. The molecule has 0 aromatic rings. The average molecular weight is 365 g/mol. The van der Waals surface area contributed by atoms with E-state index in [-0.39, 0.29) is 23.7 Å². The van der Waals surface area contributed by atoms with E-state index in [1.54, 1.807) is 0 Å². The number of amides is 2. The van der Waals surface area contributed by atoms with Crippen LogP contribution in [0.5, 0.6) is 0 Å². The first-order valence-electron chi connectivity index (χ1n) is 10.6. The minimum atomic E-state index is 0.0716. The molecule has 0 aliphatic heterocycles. The van der Waals surface area contributed by atoms with Crippen molar-refractivity contribution < 1.29 is 9.59 Å². The van der Waals surface area contributed by atoms with Crippen LogP contribution < -0.4 is 22.1 Å². The molecule has 3 aliphatic rings. The Labute approximate surface area is 157 Å². The summed E-state index contributed by atoms with van der Waals surface area (Å²) < 4.78 is 0. The smallest absolute Gasteiger partial charge is 0.223 e. The summed E-state index contributed by atoms with van der Waals surface area (Å²) in [5.41, 5.74) is 11.9. The van der Waals surface area contributed by atoms with Crippen molar-refractivity contribution in [3.63, 3.8) is 0 Å². The van der Waals surface area contributed by atoms with Crippen LogP contribution in [0.25, 0.3) is 0 Å². The Morgan fingerprint density at radius 3 is 1.15 bits per heavy atom. The van der Waals surface area contributed by atoms with Crippen LogP contribution in [0.1, 0.15) is 77.0 Å². The molecule has 6 N–H and O–H groups in total. The Balaban J connectivity index is 1.36. The standard InChI is InChI=1S/C20H36N4O2/c21-15-5-9-17(10-6-15)23-19(25)13-1-2-14(4-3-13)20(26)24-18-11-7-16(22)8-12-18/h13-18H,1-12,21-22H2,(H,23,25)(H,24,26). The highest BCUT2D eigenvalue weighted by Crippen LogP contribution is 2.30. The zero-order valence-electron chi connectivity index (χ0n) is 15.9.